The molecule has 0 radical (unpaired) electrons. The highest BCUT2D eigenvalue weighted by Crippen LogP contribution is 2.47. The van der Waals surface area contributed by atoms with Crippen molar-refractivity contribution in [3.05, 3.63) is 48.0 Å². The lowest BCUT2D eigenvalue weighted by Gasteiger charge is -2.08. The summed E-state index contributed by atoms with van der Waals surface area (Å²) in [6.45, 7) is 0.428. The summed E-state index contributed by atoms with van der Waals surface area (Å²) in [5.74, 6) is 1.73. The molecule has 2 unspecified atom stereocenters. The van der Waals surface area contributed by atoms with Gasteiger partial charge in [0.15, 0.2) is 0 Å². The second-order valence-corrected chi connectivity index (χ2v) is 4.85. The van der Waals surface area contributed by atoms with Crippen molar-refractivity contribution in [2.45, 2.75) is 18.9 Å². The van der Waals surface area contributed by atoms with Crippen LogP contribution < -0.4 is 10.1 Å². The Balaban J connectivity index is 1.56. The molecule has 1 N–H and O–H groups in total. The van der Waals surface area contributed by atoms with Crippen LogP contribution in [0.3, 0.4) is 0 Å². The van der Waals surface area contributed by atoms with Gasteiger partial charge >= 0.3 is 0 Å². The van der Waals surface area contributed by atoms with Gasteiger partial charge in [-0.3, -0.25) is 4.79 Å². The van der Waals surface area contributed by atoms with Gasteiger partial charge in [0, 0.05) is 30.1 Å². The normalized spacial score (nSPS) is 20.4. The number of rotatable bonds is 5. The second-order valence-electron chi connectivity index (χ2n) is 4.85. The van der Waals surface area contributed by atoms with E-state index in [9.17, 15) is 4.79 Å². The summed E-state index contributed by atoms with van der Waals surface area (Å²) >= 11 is 0. The fourth-order valence-electron chi connectivity index (χ4n) is 2.36. The fraction of sp³-hybridized carbons (Fsp3) is 0.333. The molecule has 1 aliphatic rings. The molecule has 1 fully saturated rings. The predicted octanol–water partition coefficient (Wildman–Crippen LogP) is 2.10. The van der Waals surface area contributed by atoms with Crippen molar-refractivity contribution < 1.29 is 13.9 Å². The molecule has 5 heteroatoms. The van der Waals surface area contributed by atoms with Crippen LogP contribution in [0.2, 0.25) is 0 Å². The number of hydrogen-bond acceptors (Lipinski definition) is 4. The Morgan fingerprint density at radius 2 is 2.40 bits per heavy atom. The van der Waals surface area contributed by atoms with E-state index in [0.717, 1.165) is 17.7 Å². The van der Waals surface area contributed by atoms with Crippen LogP contribution in [-0.2, 0) is 11.3 Å². The van der Waals surface area contributed by atoms with E-state index in [1.807, 2.05) is 24.3 Å². The molecule has 1 saturated carbocycles. The summed E-state index contributed by atoms with van der Waals surface area (Å²) in [6.07, 6.45) is 4.16. The van der Waals surface area contributed by atoms with Gasteiger partial charge in [0.2, 0.25) is 11.8 Å². The number of amides is 1. The standard InChI is InChI=1S/C15H16N2O3/c1-19-15-10(4-2-6-16-15)9-17-14(18)12-8-11(12)13-5-3-7-20-13/h2-7,11-12H,8-9H2,1H3,(H,17,18). The molecular weight excluding hydrogens is 256 g/mol. The first kappa shape index (κ1) is 12.7. The molecule has 1 aliphatic carbocycles. The fourth-order valence-corrected chi connectivity index (χ4v) is 2.36. The van der Waals surface area contributed by atoms with Gasteiger partial charge in [0.25, 0.3) is 0 Å². The molecule has 0 saturated heterocycles. The quantitative estimate of drug-likeness (QED) is 0.905. The molecular formula is C15H16N2O3. The van der Waals surface area contributed by atoms with Gasteiger partial charge in [0.05, 0.1) is 13.4 Å². The zero-order chi connectivity index (χ0) is 13.9. The molecule has 0 bridgehead atoms. The van der Waals surface area contributed by atoms with Crippen molar-refractivity contribution >= 4 is 5.91 Å². The van der Waals surface area contributed by atoms with Crippen molar-refractivity contribution in [1.29, 1.82) is 0 Å². The average molecular weight is 272 g/mol. The lowest BCUT2D eigenvalue weighted by molar-refractivity contribution is -0.122. The summed E-state index contributed by atoms with van der Waals surface area (Å²) in [5.41, 5.74) is 0.874. The number of ether oxygens (including phenoxy) is 1. The topological polar surface area (TPSA) is 64.4 Å². The van der Waals surface area contributed by atoms with Gasteiger partial charge in [-0.05, 0) is 24.6 Å². The highest BCUT2D eigenvalue weighted by Gasteiger charge is 2.45. The largest absolute Gasteiger partial charge is 0.481 e. The number of carbonyl (C=O) groups is 1. The number of nitrogens with one attached hydrogen (secondary N) is 1. The Labute approximate surface area is 117 Å². The van der Waals surface area contributed by atoms with E-state index in [0.29, 0.717) is 12.4 Å². The van der Waals surface area contributed by atoms with Gasteiger partial charge in [-0.1, -0.05) is 6.07 Å². The molecule has 0 aromatic carbocycles. The van der Waals surface area contributed by atoms with E-state index in [1.54, 1.807) is 19.6 Å². The number of methoxy groups -OCH3 is 1. The Bertz CT molecular complexity index is 595. The Kier molecular flexibility index (Phi) is 3.41. The smallest absolute Gasteiger partial charge is 0.224 e. The van der Waals surface area contributed by atoms with E-state index >= 15 is 0 Å². The van der Waals surface area contributed by atoms with Crippen LogP contribution in [0.4, 0.5) is 0 Å². The minimum absolute atomic E-state index is 0.0174. The lowest BCUT2D eigenvalue weighted by atomic mass is 10.2. The first-order valence-electron chi connectivity index (χ1n) is 6.58. The Morgan fingerprint density at radius 3 is 3.15 bits per heavy atom. The highest BCUT2D eigenvalue weighted by molar-refractivity contribution is 5.82. The summed E-state index contributed by atoms with van der Waals surface area (Å²) in [4.78, 5) is 16.2. The molecule has 20 heavy (non-hydrogen) atoms. The molecule has 0 aliphatic heterocycles. The molecule has 0 spiro atoms. The van der Waals surface area contributed by atoms with Crippen molar-refractivity contribution in [1.82, 2.24) is 10.3 Å². The van der Waals surface area contributed by atoms with E-state index in [2.05, 4.69) is 10.3 Å². The summed E-state index contributed by atoms with van der Waals surface area (Å²) < 4.78 is 10.5. The molecule has 5 nitrogen and oxygen atoms in total. The van der Waals surface area contributed by atoms with Crippen LogP contribution in [0.5, 0.6) is 5.88 Å². The van der Waals surface area contributed by atoms with Crippen molar-refractivity contribution in [2.24, 2.45) is 5.92 Å². The molecule has 2 heterocycles. The minimum atomic E-state index is 0.0174. The average Bonchev–Trinajstić information content (AvgIpc) is 3.11. The predicted molar refractivity (Wildman–Crippen MR) is 72.2 cm³/mol. The third-order valence-corrected chi connectivity index (χ3v) is 3.53. The molecule has 1 amide bonds. The van der Waals surface area contributed by atoms with Gasteiger partial charge in [-0.25, -0.2) is 4.98 Å². The third-order valence-electron chi connectivity index (χ3n) is 3.53. The summed E-state index contributed by atoms with van der Waals surface area (Å²) in [5, 5.41) is 2.93. The first-order valence-corrected chi connectivity index (χ1v) is 6.58. The van der Waals surface area contributed by atoms with Crippen LogP contribution in [0.1, 0.15) is 23.7 Å². The molecule has 2 atom stereocenters. The maximum Gasteiger partial charge on any atom is 0.224 e. The number of aromatic nitrogens is 1. The molecule has 104 valence electrons. The van der Waals surface area contributed by atoms with Crippen molar-refractivity contribution in [3.63, 3.8) is 0 Å². The number of pyridine rings is 1. The van der Waals surface area contributed by atoms with Gasteiger partial charge < -0.3 is 14.5 Å². The number of nitrogens with zero attached hydrogens (tertiary/aromatic N) is 1. The number of carbonyl (C=O) groups excluding carboxylic acids is 1. The van der Waals surface area contributed by atoms with E-state index in [4.69, 9.17) is 9.15 Å². The zero-order valence-electron chi connectivity index (χ0n) is 11.2. The monoisotopic (exact) mass is 272 g/mol. The second kappa shape index (κ2) is 5.36. The maximum absolute atomic E-state index is 12.1. The Morgan fingerprint density at radius 1 is 1.50 bits per heavy atom. The SMILES string of the molecule is COc1ncccc1CNC(=O)C1CC1c1ccco1. The minimum Gasteiger partial charge on any atom is -0.481 e. The molecule has 2 aromatic heterocycles. The molecule has 3 rings (SSSR count). The highest BCUT2D eigenvalue weighted by atomic mass is 16.5. The van der Waals surface area contributed by atoms with Crippen LogP contribution in [0.25, 0.3) is 0 Å². The van der Waals surface area contributed by atoms with E-state index in [-0.39, 0.29) is 17.7 Å². The van der Waals surface area contributed by atoms with Crippen molar-refractivity contribution in [2.75, 3.05) is 7.11 Å². The lowest BCUT2D eigenvalue weighted by Crippen LogP contribution is -2.25. The van der Waals surface area contributed by atoms with Crippen LogP contribution in [0.15, 0.2) is 41.1 Å². The van der Waals surface area contributed by atoms with Crippen LogP contribution in [-0.4, -0.2) is 18.0 Å². The van der Waals surface area contributed by atoms with E-state index < -0.39 is 0 Å². The summed E-state index contributed by atoms with van der Waals surface area (Å²) in [7, 11) is 1.57. The Hall–Kier alpha value is -2.30. The van der Waals surface area contributed by atoms with Crippen molar-refractivity contribution in [3.8, 4) is 5.88 Å². The third kappa shape index (κ3) is 2.52. The van der Waals surface area contributed by atoms with E-state index in [1.165, 1.54) is 0 Å². The maximum atomic E-state index is 12.1. The summed E-state index contributed by atoms with van der Waals surface area (Å²) in [6, 6.07) is 7.49. The number of furan rings is 1. The number of hydrogen-bond donors (Lipinski definition) is 1. The van der Waals surface area contributed by atoms with Crippen LogP contribution in [0, 0.1) is 5.92 Å². The zero-order valence-corrected chi connectivity index (χ0v) is 11.2. The molecule has 2 aromatic rings. The van der Waals surface area contributed by atoms with Gasteiger partial charge in [0.1, 0.15) is 5.76 Å². The van der Waals surface area contributed by atoms with Gasteiger partial charge in [-0.2, -0.15) is 0 Å². The van der Waals surface area contributed by atoms with Gasteiger partial charge in [-0.15, -0.1) is 0 Å². The first-order chi connectivity index (χ1) is 9.79. The van der Waals surface area contributed by atoms with Crippen LogP contribution >= 0.6 is 0 Å².